The van der Waals surface area contributed by atoms with Crippen molar-refractivity contribution < 1.29 is 9.53 Å². The zero-order chi connectivity index (χ0) is 12.4. The molecule has 18 heavy (non-hydrogen) atoms. The molecular weight excluding hydrogens is 224 g/mol. The van der Waals surface area contributed by atoms with Crippen molar-refractivity contribution >= 4 is 5.97 Å². The van der Waals surface area contributed by atoms with Crippen molar-refractivity contribution in [2.45, 2.75) is 18.9 Å². The van der Waals surface area contributed by atoms with Gasteiger partial charge in [0.1, 0.15) is 6.10 Å². The molecule has 0 saturated carbocycles. The van der Waals surface area contributed by atoms with Crippen LogP contribution in [-0.4, -0.2) is 5.97 Å². The molecule has 90 valence electrons. The largest absolute Gasteiger partial charge is 0.457 e. The summed E-state index contributed by atoms with van der Waals surface area (Å²) >= 11 is 0. The molecule has 0 aliphatic carbocycles. The highest BCUT2D eigenvalue weighted by Crippen LogP contribution is 2.30. The van der Waals surface area contributed by atoms with Gasteiger partial charge in [-0.1, -0.05) is 54.6 Å². The van der Waals surface area contributed by atoms with Gasteiger partial charge in [0.25, 0.3) is 0 Å². The molecule has 1 aliphatic rings. The molecular formula is C16H14O2. The summed E-state index contributed by atoms with van der Waals surface area (Å²) in [6, 6.07) is 18.5. The van der Waals surface area contributed by atoms with Crippen molar-refractivity contribution in [3.05, 3.63) is 60.2 Å². The van der Waals surface area contributed by atoms with Crippen molar-refractivity contribution in [3.63, 3.8) is 0 Å². The molecule has 1 atom stereocenters. The molecule has 0 aromatic heterocycles. The summed E-state index contributed by atoms with van der Waals surface area (Å²) in [6.45, 7) is 0. The van der Waals surface area contributed by atoms with Crippen LogP contribution in [0.3, 0.4) is 0 Å². The molecule has 2 heteroatoms. The fourth-order valence-electron chi connectivity index (χ4n) is 2.28. The van der Waals surface area contributed by atoms with Gasteiger partial charge in [-0.2, -0.15) is 0 Å². The third kappa shape index (κ3) is 2.14. The summed E-state index contributed by atoms with van der Waals surface area (Å²) in [4.78, 5) is 11.1. The second-order valence-corrected chi connectivity index (χ2v) is 4.51. The smallest absolute Gasteiger partial charge is 0.306 e. The number of cyclic esters (lactones) is 1. The number of carbonyl (C=O) groups is 1. The Morgan fingerprint density at radius 3 is 2.17 bits per heavy atom. The molecule has 2 nitrogen and oxygen atoms in total. The van der Waals surface area contributed by atoms with E-state index >= 15 is 0 Å². The number of esters is 1. The van der Waals surface area contributed by atoms with Crippen LogP contribution in [0, 0.1) is 0 Å². The van der Waals surface area contributed by atoms with Crippen LogP contribution in [0.15, 0.2) is 54.6 Å². The molecule has 1 heterocycles. The zero-order valence-electron chi connectivity index (χ0n) is 10.0. The first-order chi connectivity index (χ1) is 8.83. The van der Waals surface area contributed by atoms with Gasteiger partial charge in [-0.15, -0.1) is 0 Å². The van der Waals surface area contributed by atoms with E-state index in [-0.39, 0.29) is 12.1 Å². The van der Waals surface area contributed by atoms with Gasteiger partial charge in [0.2, 0.25) is 0 Å². The Labute approximate surface area is 106 Å². The van der Waals surface area contributed by atoms with Crippen LogP contribution in [0.25, 0.3) is 11.1 Å². The Morgan fingerprint density at radius 1 is 0.889 bits per heavy atom. The quantitative estimate of drug-likeness (QED) is 0.745. The molecule has 0 radical (unpaired) electrons. The highest BCUT2D eigenvalue weighted by atomic mass is 16.5. The van der Waals surface area contributed by atoms with Crippen LogP contribution in [0.2, 0.25) is 0 Å². The minimum atomic E-state index is -0.0906. The Bertz CT molecular complexity index is 543. The van der Waals surface area contributed by atoms with Crippen molar-refractivity contribution in [2.24, 2.45) is 0 Å². The Kier molecular flexibility index (Phi) is 2.85. The fourth-order valence-corrected chi connectivity index (χ4v) is 2.28. The first-order valence-corrected chi connectivity index (χ1v) is 6.18. The monoisotopic (exact) mass is 238 g/mol. The SMILES string of the molecule is O=C1CCC(c2ccc(-c3ccccc3)cc2)O1. The van der Waals surface area contributed by atoms with Gasteiger partial charge in [0.15, 0.2) is 0 Å². The van der Waals surface area contributed by atoms with Crippen molar-refractivity contribution in [2.75, 3.05) is 0 Å². The lowest BCUT2D eigenvalue weighted by Crippen LogP contribution is -1.98. The Hall–Kier alpha value is -2.09. The Balaban J connectivity index is 1.83. The van der Waals surface area contributed by atoms with Crippen LogP contribution in [-0.2, 0) is 9.53 Å². The molecule has 2 aromatic carbocycles. The maximum atomic E-state index is 11.1. The highest BCUT2D eigenvalue weighted by molar-refractivity contribution is 5.72. The summed E-state index contributed by atoms with van der Waals surface area (Å²) in [6.07, 6.45) is 1.27. The van der Waals surface area contributed by atoms with Crippen LogP contribution in [0.5, 0.6) is 0 Å². The van der Waals surface area contributed by atoms with Gasteiger partial charge in [0, 0.05) is 6.42 Å². The van der Waals surface area contributed by atoms with Crippen LogP contribution < -0.4 is 0 Å². The number of ether oxygens (including phenoxy) is 1. The molecule has 1 saturated heterocycles. The van der Waals surface area contributed by atoms with Gasteiger partial charge in [-0.3, -0.25) is 4.79 Å². The van der Waals surface area contributed by atoms with Crippen molar-refractivity contribution in [1.29, 1.82) is 0 Å². The third-order valence-corrected chi connectivity index (χ3v) is 3.27. The summed E-state index contributed by atoms with van der Waals surface area (Å²) in [5.41, 5.74) is 3.47. The minimum absolute atomic E-state index is 0.0534. The Morgan fingerprint density at radius 2 is 1.56 bits per heavy atom. The van der Waals surface area contributed by atoms with Crippen LogP contribution >= 0.6 is 0 Å². The molecule has 3 rings (SSSR count). The lowest BCUT2D eigenvalue weighted by molar-refractivity contribution is -0.141. The molecule has 0 spiro atoms. The molecule has 0 N–H and O–H groups in total. The highest BCUT2D eigenvalue weighted by Gasteiger charge is 2.24. The van der Waals surface area contributed by atoms with Crippen LogP contribution in [0.1, 0.15) is 24.5 Å². The molecule has 2 aromatic rings. The predicted octanol–water partition coefficient (Wildman–Crippen LogP) is 3.73. The lowest BCUT2D eigenvalue weighted by atomic mass is 10.0. The number of hydrogen-bond acceptors (Lipinski definition) is 2. The van der Waals surface area contributed by atoms with Crippen molar-refractivity contribution in [3.8, 4) is 11.1 Å². The van der Waals surface area contributed by atoms with Gasteiger partial charge in [-0.05, 0) is 23.1 Å². The summed E-state index contributed by atoms with van der Waals surface area (Å²) < 4.78 is 5.25. The first kappa shape index (κ1) is 11.0. The number of rotatable bonds is 2. The van der Waals surface area contributed by atoms with E-state index in [4.69, 9.17) is 4.74 Å². The van der Waals surface area contributed by atoms with Crippen molar-refractivity contribution in [1.82, 2.24) is 0 Å². The predicted molar refractivity (Wildman–Crippen MR) is 69.9 cm³/mol. The average Bonchev–Trinajstić information content (AvgIpc) is 2.87. The number of carbonyl (C=O) groups excluding carboxylic acids is 1. The summed E-state index contributed by atoms with van der Waals surface area (Å²) in [5, 5.41) is 0. The van der Waals surface area contributed by atoms with E-state index < -0.39 is 0 Å². The third-order valence-electron chi connectivity index (χ3n) is 3.27. The maximum absolute atomic E-state index is 11.1. The van der Waals surface area contributed by atoms with Crippen LogP contribution in [0.4, 0.5) is 0 Å². The van der Waals surface area contributed by atoms with Gasteiger partial charge in [-0.25, -0.2) is 0 Å². The standard InChI is InChI=1S/C16H14O2/c17-16-11-10-15(18-16)14-8-6-13(7-9-14)12-4-2-1-3-5-12/h1-9,15H,10-11H2. The molecule has 0 amide bonds. The number of benzene rings is 2. The summed E-state index contributed by atoms with van der Waals surface area (Å²) in [7, 11) is 0. The first-order valence-electron chi connectivity index (χ1n) is 6.18. The van der Waals surface area contributed by atoms with E-state index in [2.05, 4.69) is 24.3 Å². The number of hydrogen-bond donors (Lipinski definition) is 0. The lowest BCUT2D eigenvalue weighted by Gasteiger charge is -2.10. The minimum Gasteiger partial charge on any atom is -0.457 e. The van der Waals surface area contributed by atoms with E-state index in [1.165, 1.54) is 11.1 Å². The van der Waals surface area contributed by atoms with E-state index in [0.717, 1.165) is 12.0 Å². The van der Waals surface area contributed by atoms with Gasteiger partial charge < -0.3 is 4.74 Å². The topological polar surface area (TPSA) is 26.3 Å². The summed E-state index contributed by atoms with van der Waals surface area (Å²) in [5.74, 6) is -0.0906. The van der Waals surface area contributed by atoms with E-state index in [1.54, 1.807) is 0 Å². The second-order valence-electron chi connectivity index (χ2n) is 4.51. The molecule has 1 unspecified atom stereocenters. The molecule has 1 aliphatic heterocycles. The fraction of sp³-hybridized carbons (Fsp3) is 0.188. The average molecular weight is 238 g/mol. The maximum Gasteiger partial charge on any atom is 0.306 e. The van der Waals surface area contributed by atoms with E-state index in [0.29, 0.717) is 6.42 Å². The van der Waals surface area contributed by atoms with Gasteiger partial charge >= 0.3 is 5.97 Å². The van der Waals surface area contributed by atoms with E-state index in [9.17, 15) is 4.79 Å². The normalized spacial score (nSPS) is 18.7. The van der Waals surface area contributed by atoms with E-state index in [1.807, 2.05) is 30.3 Å². The second kappa shape index (κ2) is 4.65. The zero-order valence-corrected chi connectivity index (χ0v) is 10.0. The molecule has 0 bridgehead atoms. The molecule has 1 fully saturated rings. The van der Waals surface area contributed by atoms with Gasteiger partial charge in [0.05, 0.1) is 0 Å².